The quantitative estimate of drug-likeness (QED) is 0.525. The van der Waals surface area contributed by atoms with Crippen LogP contribution in [0.15, 0.2) is 0 Å². The molecule has 1 saturated heterocycles. The summed E-state index contributed by atoms with van der Waals surface area (Å²) >= 11 is 0. The first-order valence-corrected chi connectivity index (χ1v) is 6.90. The van der Waals surface area contributed by atoms with Crippen molar-refractivity contribution < 1.29 is 19.5 Å². The lowest BCUT2D eigenvalue weighted by molar-refractivity contribution is -0.143. The van der Waals surface area contributed by atoms with Gasteiger partial charge in [0.2, 0.25) is 11.8 Å². The van der Waals surface area contributed by atoms with Crippen LogP contribution in [0.2, 0.25) is 0 Å². The molecule has 114 valence electrons. The van der Waals surface area contributed by atoms with Gasteiger partial charge < -0.3 is 21.1 Å². The van der Waals surface area contributed by atoms with E-state index in [2.05, 4.69) is 16.0 Å². The zero-order valence-corrected chi connectivity index (χ0v) is 12.1. The third-order valence-corrected chi connectivity index (χ3v) is 3.36. The molecule has 3 atom stereocenters. The number of carbonyl (C=O) groups excluding carboxylic acids is 2. The monoisotopic (exact) mass is 285 g/mol. The summed E-state index contributed by atoms with van der Waals surface area (Å²) in [5.74, 6) is -2.01. The van der Waals surface area contributed by atoms with Gasteiger partial charge in [-0.1, -0.05) is 13.8 Å². The first-order chi connectivity index (χ1) is 9.32. The molecule has 7 heteroatoms. The first-order valence-electron chi connectivity index (χ1n) is 6.90. The van der Waals surface area contributed by atoms with Gasteiger partial charge >= 0.3 is 5.97 Å². The first kappa shape index (κ1) is 16.4. The molecule has 1 fully saturated rings. The van der Waals surface area contributed by atoms with Crippen molar-refractivity contribution in [3.8, 4) is 0 Å². The zero-order valence-electron chi connectivity index (χ0n) is 12.1. The van der Waals surface area contributed by atoms with Crippen LogP contribution in [0.1, 0.15) is 33.6 Å². The number of hydrogen-bond acceptors (Lipinski definition) is 4. The molecule has 1 rings (SSSR count). The van der Waals surface area contributed by atoms with E-state index in [0.717, 1.165) is 19.4 Å². The molecule has 1 heterocycles. The maximum atomic E-state index is 11.9. The van der Waals surface area contributed by atoms with Crippen molar-refractivity contribution in [2.45, 2.75) is 51.7 Å². The van der Waals surface area contributed by atoms with Crippen LogP contribution < -0.4 is 16.0 Å². The molecule has 0 aromatic heterocycles. The van der Waals surface area contributed by atoms with E-state index < -0.39 is 24.0 Å². The summed E-state index contributed by atoms with van der Waals surface area (Å²) in [4.78, 5) is 34.8. The summed E-state index contributed by atoms with van der Waals surface area (Å²) in [5.41, 5.74) is 0. The topological polar surface area (TPSA) is 108 Å². The summed E-state index contributed by atoms with van der Waals surface area (Å²) in [6.45, 7) is 5.77. The molecule has 3 unspecified atom stereocenters. The zero-order chi connectivity index (χ0) is 15.3. The van der Waals surface area contributed by atoms with Crippen LogP contribution in [0, 0.1) is 5.92 Å². The van der Waals surface area contributed by atoms with Gasteiger partial charge in [-0.3, -0.25) is 9.59 Å². The number of nitrogens with one attached hydrogen (secondary N) is 3. The van der Waals surface area contributed by atoms with E-state index in [0.29, 0.717) is 0 Å². The smallest absolute Gasteiger partial charge is 0.326 e. The van der Waals surface area contributed by atoms with Crippen LogP contribution in [0.4, 0.5) is 0 Å². The summed E-state index contributed by atoms with van der Waals surface area (Å²) in [7, 11) is 0. The number of amides is 2. The number of hydrogen-bond donors (Lipinski definition) is 4. The van der Waals surface area contributed by atoms with Gasteiger partial charge in [-0.05, 0) is 32.2 Å². The average Bonchev–Trinajstić information content (AvgIpc) is 2.88. The molecule has 0 radical (unpaired) electrons. The third-order valence-electron chi connectivity index (χ3n) is 3.36. The molecule has 0 aromatic rings. The summed E-state index contributed by atoms with van der Waals surface area (Å²) in [6.07, 6.45) is 1.69. The molecule has 1 aliphatic rings. The van der Waals surface area contributed by atoms with E-state index in [1.807, 2.05) is 0 Å². The number of aliphatic carboxylic acids is 1. The van der Waals surface area contributed by atoms with Gasteiger partial charge in [0.15, 0.2) is 0 Å². The highest BCUT2D eigenvalue weighted by Crippen LogP contribution is 2.05. The van der Waals surface area contributed by atoms with E-state index in [9.17, 15) is 14.4 Å². The molecular formula is C13H23N3O4. The van der Waals surface area contributed by atoms with E-state index in [1.165, 1.54) is 0 Å². The molecule has 4 N–H and O–H groups in total. The fourth-order valence-electron chi connectivity index (χ4n) is 2.08. The van der Waals surface area contributed by atoms with Gasteiger partial charge in [-0.2, -0.15) is 0 Å². The maximum Gasteiger partial charge on any atom is 0.326 e. The second-order valence-corrected chi connectivity index (χ2v) is 5.45. The molecule has 2 amide bonds. The molecule has 0 aliphatic carbocycles. The Kier molecular flexibility index (Phi) is 5.94. The Morgan fingerprint density at radius 1 is 1.20 bits per heavy atom. The molecule has 7 nitrogen and oxygen atoms in total. The van der Waals surface area contributed by atoms with Crippen molar-refractivity contribution in [2.24, 2.45) is 5.92 Å². The summed E-state index contributed by atoms with van der Waals surface area (Å²) in [6, 6.07) is -1.97. The standard InChI is InChI=1S/C13H23N3O4/c1-7(2)10(13(19)20)16-11(17)8(3)15-12(18)9-5-4-6-14-9/h7-10,14H,4-6H2,1-3H3,(H,15,18)(H,16,17)(H,19,20). The van der Waals surface area contributed by atoms with E-state index >= 15 is 0 Å². The molecule has 1 aliphatic heterocycles. The highest BCUT2D eigenvalue weighted by Gasteiger charge is 2.28. The Bertz CT molecular complexity index is 378. The fourth-order valence-corrected chi connectivity index (χ4v) is 2.08. The number of rotatable bonds is 6. The normalized spacial score (nSPS) is 21.3. The number of carbonyl (C=O) groups is 3. The molecule has 0 aromatic carbocycles. The van der Waals surface area contributed by atoms with Crippen molar-refractivity contribution in [3.05, 3.63) is 0 Å². The predicted octanol–water partition coefficient (Wildman–Crippen LogP) is -0.531. The Hall–Kier alpha value is -1.63. The largest absolute Gasteiger partial charge is 0.480 e. The maximum absolute atomic E-state index is 11.9. The van der Waals surface area contributed by atoms with Crippen molar-refractivity contribution in [2.75, 3.05) is 6.54 Å². The van der Waals surface area contributed by atoms with E-state index in [1.54, 1.807) is 20.8 Å². The van der Waals surface area contributed by atoms with Crippen LogP contribution in [0.25, 0.3) is 0 Å². The number of carboxylic acids is 1. The van der Waals surface area contributed by atoms with Crippen LogP contribution in [-0.4, -0.2) is 47.6 Å². The Morgan fingerprint density at radius 2 is 1.85 bits per heavy atom. The Morgan fingerprint density at radius 3 is 2.30 bits per heavy atom. The lowest BCUT2D eigenvalue weighted by Crippen LogP contribution is -2.54. The van der Waals surface area contributed by atoms with Gasteiger partial charge in [-0.25, -0.2) is 4.79 Å². The Balaban J connectivity index is 2.49. The minimum absolute atomic E-state index is 0.221. The van der Waals surface area contributed by atoms with Crippen molar-refractivity contribution >= 4 is 17.8 Å². The molecular weight excluding hydrogens is 262 g/mol. The molecule has 0 bridgehead atoms. The number of carboxylic acid groups (broad SMARTS) is 1. The van der Waals surface area contributed by atoms with Crippen LogP contribution in [0.5, 0.6) is 0 Å². The van der Waals surface area contributed by atoms with Crippen LogP contribution in [-0.2, 0) is 14.4 Å². The van der Waals surface area contributed by atoms with Crippen molar-refractivity contribution in [1.29, 1.82) is 0 Å². The lowest BCUT2D eigenvalue weighted by Gasteiger charge is -2.22. The van der Waals surface area contributed by atoms with Crippen LogP contribution >= 0.6 is 0 Å². The fraction of sp³-hybridized carbons (Fsp3) is 0.769. The molecule has 0 spiro atoms. The minimum atomic E-state index is -1.08. The molecule has 0 saturated carbocycles. The van der Waals surface area contributed by atoms with E-state index in [4.69, 9.17) is 5.11 Å². The van der Waals surface area contributed by atoms with Gasteiger partial charge in [-0.15, -0.1) is 0 Å². The average molecular weight is 285 g/mol. The summed E-state index contributed by atoms with van der Waals surface area (Å²) < 4.78 is 0. The summed E-state index contributed by atoms with van der Waals surface area (Å²) in [5, 5.41) is 17.1. The van der Waals surface area contributed by atoms with Crippen LogP contribution in [0.3, 0.4) is 0 Å². The second-order valence-electron chi connectivity index (χ2n) is 5.45. The highest BCUT2D eigenvalue weighted by molar-refractivity contribution is 5.91. The Labute approximate surface area is 118 Å². The minimum Gasteiger partial charge on any atom is -0.480 e. The SMILES string of the molecule is CC(NC(=O)C1CCCN1)C(=O)NC(C(=O)O)C(C)C. The molecule has 20 heavy (non-hydrogen) atoms. The lowest BCUT2D eigenvalue weighted by atomic mass is 10.0. The predicted molar refractivity (Wildman–Crippen MR) is 73.0 cm³/mol. The van der Waals surface area contributed by atoms with Crippen molar-refractivity contribution in [1.82, 2.24) is 16.0 Å². The van der Waals surface area contributed by atoms with Gasteiger partial charge in [0.05, 0.1) is 6.04 Å². The second kappa shape index (κ2) is 7.23. The van der Waals surface area contributed by atoms with Gasteiger partial charge in [0, 0.05) is 0 Å². The highest BCUT2D eigenvalue weighted by atomic mass is 16.4. The van der Waals surface area contributed by atoms with E-state index in [-0.39, 0.29) is 17.9 Å². The van der Waals surface area contributed by atoms with Crippen molar-refractivity contribution in [3.63, 3.8) is 0 Å². The van der Waals surface area contributed by atoms with Gasteiger partial charge in [0.25, 0.3) is 0 Å². The van der Waals surface area contributed by atoms with Gasteiger partial charge in [0.1, 0.15) is 12.1 Å². The third kappa shape index (κ3) is 4.48.